The third kappa shape index (κ3) is 3.26. The van der Waals surface area contributed by atoms with Gasteiger partial charge in [-0.1, -0.05) is 11.6 Å². The number of ether oxygens (including phenoxy) is 1. The molecule has 0 unspecified atom stereocenters. The van der Waals surface area contributed by atoms with Crippen molar-refractivity contribution in [3.8, 4) is 11.5 Å². The molecule has 0 radical (unpaired) electrons. The summed E-state index contributed by atoms with van der Waals surface area (Å²) in [6, 6.07) is 7.97. The zero-order valence-corrected chi connectivity index (χ0v) is 11.5. The van der Waals surface area contributed by atoms with Crippen LogP contribution in [0.25, 0.3) is 0 Å². The molecule has 0 aliphatic heterocycles. The van der Waals surface area contributed by atoms with Crippen LogP contribution >= 0.6 is 11.6 Å². The Morgan fingerprint density at radius 1 is 1.05 bits per heavy atom. The molecule has 0 fully saturated rings. The Hall–Kier alpha value is -2.67. The van der Waals surface area contributed by atoms with Crippen molar-refractivity contribution >= 4 is 23.0 Å². The van der Waals surface area contributed by atoms with Crippen molar-refractivity contribution in [1.29, 1.82) is 0 Å². The molecule has 108 valence electrons. The Labute approximate surface area is 124 Å². The number of rotatable bonds is 4. The highest BCUT2D eigenvalue weighted by atomic mass is 35.5. The molecule has 0 aliphatic rings. The highest BCUT2D eigenvalue weighted by molar-refractivity contribution is 6.31. The summed E-state index contributed by atoms with van der Waals surface area (Å²) in [5.41, 5.74) is -0.100. The zero-order valence-electron chi connectivity index (χ0n) is 10.8. The minimum absolute atomic E-state index is 0.0766. The van der Waals surface area contributed by atoms with Crippen molar-refractivity contribution in [2.45, 2.75) is 6.92 Å². The predicted octanol–water partition coefficient (Wildman–Crippen LogP) is 4.26. The molecule has 0 aliphatic carbocycles. The largest absolute Gasteiger partial charge is 0.450 e. The molecular weight excluding hydrogens is 300 g/mol. The first kappa shape index (κ1) is 14.7. The maximum atomic E-state index is 11.0. The van der Waals surface area contributed by atoms with Crippen LogP contribution in [0.4, 0.5) is 11.4 Å². The van der Waals surface area contributed by atoms with Gasteiger partial charge in [0.15, 0.2) is 0 Å². The molecule has 0 aromatic heterocycles. The topological polar surface area (TPSA) is 95.5 Å². The van der Waals surface area contributed by atoms with Gasteiger partial charge >= 0.3 is 5.69 Å². The molecule has 0 atom stereocenters. The molecule has 0 heterocycles. The molecule has 2 aromatic rings. The van der Waals surface area contributed by atoms with Crippen LogP contribution in [-0.4, -0.2) is 9.85 Å². The van der Waals surface area contributed by atoms with Gasteiger partial charge in [-0.2, -0.15) is 0 Å². The fraction of sp³-hybridized carbons (Fsp3) is 0.0769. The second-order valence-corrected chi connectivity index (χ2v) is 4.59. The van der Waals surface area contributed by atoms with E-state index < -0.39 is 15.5 Å². The highest BCUT2D eigenvalue weighted by Crippen LogP contribution is 2.35. The van der Waals surface area contributed by atoms with Crippen LogP contribution in [0.2, 0.25) is 5.02 Å². The van der Waals surface area contributed by atoms with E-state index in [1.807, 2.05) is 0 Å². The van der Waals surface area contributed by atoms with Crippen LogP contribution in [-0.2, 0) is 0 Å². The van der Waals surface area contributed by atoms with Crippen LogP contribution < -0.4 is 4.74 Å². The van der Waals surface area contributed by atoms with Crippen LogP contribution in [0.15, 0.2) is 36.4 Å². The number of aryl methyl sites for hydroxylation is 1. The van der Waals surface area contributed by atoms with Gasteiger partial charge < -0.3 is 4.74 Å². The van der Waals surface area contributed by atoms with E-state index in [1.165, 1.54) is 6.07 Å². The number of benzene rings is 2. The van der Waals surface area contributed by atoms with Gasteiger partial charge in [0, 0.05) is 11.1 Å². The maximum absolute atomic E-state index is 11.0. The molecule has 0 saturated heterocycles. The molecule has 0 spiro atoms. The lowest BCUT2D eigenvalue weighted by molar-refractivity contribution is -0.394. The molecule has 21 heavy (non-hydrogen) atoms. The number of non-ortho nitro benzene ring substituents is 1. The molecular formula is C13H9ClN2O5. The third-order valence-corrected chi connectivity index (χ3v) is 3.13. The fourth-order valence-electron chi connectivity index (χ4n) is 1.66. The number of hydrogen-bond donors (Lipinski definition) is 0. The lowest BCUT2D eigenvalue weighted by Gasteiger charge is -2.07. The van der Waals surface area contributed by atoms with E-state index in [-0.39, 0.29) is 11.4 Å². The number of nitro groups is 2. The van der Waals surface area contributed by atoms with Crippen LogP contribution in [0, 0.1) is 27.2 Å². The van der Waals surface area contributed by atoms with Crippen molar-refractivity contribution in [2.24, 2.45) is 0 Å². The third-order valence-electron chi connectivity index (χ3n) is 2.71. The molecule has 2 aromatic carbocycles. The van der Waals surface area contributed by atoms with E-state index in [0.29, 0.717) is 10.8 Å². The van der Waals surface area contributed by atoms with Crippen molar-refractivity contribution < 1.29 is 14.6 Å². The van der Waals surface area contributed by atoms with Gasteiger partial charge in [-0.3, -0.25) is 20.2 Å². The van der Waals surface area contributed by atoms with E-state index in [0.717, 1.165) is 17.7 Å². The summed E-state index contributed by atoms with van der Waals surface area (Å²) in [6.45, 7) is 1.76. The van der Waals surface area contributed by atoms with Gasteiger partial charge in [-0.05, 0) is 36.8 Å². The maximum Gasteiger partial charge on any atom is 0.318 e. The van der Waals surface area contributed by atoms with Crippen LogP contribution in [0.1, 0.15) is 5.56 Å². The summed E-state index contributed by atoms with van der Waals surface area (Å²) in [5, 5.41) is 22.2. The van der Waals surface area contributed by atoms with Crippen LogP contribution in [0.5, 0.6) is 11.5 Å². The van der Waals surface area contributed by atoms with Crippen molar-refractivity contribution in [3.63, 3.8) is 0 Å². The number of halogens is 1. The smallest absolute Gasteiger partial charge is 0.318 e. The lowest BCUT2D eigenvalue weighted by Crippen LogP contribution is -1.96. The summed E-state index contributed by atoms with van der Waals surface area (Å²) in [5.74, 6) is 0.279. The average molecular weight is 309 g/mol. The first-order chi connectivity index (χ1) is 9.88. The standard InChI is InChI=1S/C13H9ClN2O5/c1-8-6-10(3-4-11(8)14)21-13-5-2-9(15(17)18)7-12(13)16(19)20/h2-7H,1H3. The van der Waals surface area contributed by atoms with Gasteiger partial charge in [-0.25, -0.2) is 0 Å². The van der Waals surface area contributed by atoms with E-state index in [1.54, 1.807) is 25.1 Å². The molecule has 0 N–H and O–H groups in total. The number of hydrogen-bond acceptors (Lipinski definition) is 5. The Morgan fingerprint density at radius 3 is 2.33 bits per heavy atom. The predicted molar refractivity (Wildman–Crippen MR) is 76.0 cm³/mol. The molecule has 0 bridgehead atoms. The molecule has 0 amide bonds. The first-order valence-corrected chi connectivity index (χ1v) is 6.13. The van der Waals surface area contributed by atoms with Crippen LogP contribution in [0.3, 0.4) is 0 Å². The quantitative estimate of drug-likeness (QED) is 0.621. The van der Waals surface area contributed by atoms with Crippen molar-refractivity contribution in [1.82, 2.24) is 0 Å². The average Bonchev–Trinajstić information content (AvgIpc) is 2.43. The minimum Gasteiger partial charge on any atom is -0.450 e. The summed E-state index contributed by atoms with van der Waals surface area (Å²) >= 11 is 5.88. The number of nitrogens with zero attached hydrogens (tertiary/aromatic N) is 2. The Balaban J connectivity index is 2.41. The monoisotopic (exact) mass is 308 g/mol. The highest BCUT2D eigenvalue weighted by Gasteiger charge is 2.21. The zero-order chi connectivity index (χ0) is 15.6. The first-order valence-electron chi connectivity index (χ1n) is 5.75. The lowest BCUT2D eigenvalue weighted by atomic mass is 10.2. The summed E-state index contributed by atoms with van der Waals surface area (Å²) in [7, 11) is 0. The normalized spacial score (nSPS) is 10.2. The summed E-state index contributed by atoms with van der Waals surface area (Å²) in [6.07, 6.45) is 0. The molecule has 7 nitrogen and oxygen atoms in total. The molecule has 8 heteroatoms. The van der Waals surface area contributed by atoms with E-state index >= 15 is 0 Å². The number of nitro benzene ring substituents is 2. The summed E-state index contributed by atoms with van der Waals surface area (Å²) in [4.78, 5) is 20.2. The van der Waals surface area contributed by atoms with Crippen molar-refractivity contribution in [2.75, 3.05) is 0 Å². The van der Waals surface area contributed by atoms with Gasteiger partial charge in [-0.15, -0.1) is 0 Å². The van der Waals surface area contributed by atoms with E-state index in [9.17, 15) is 20.2 Å². The van der Waals surface area contributed by atoms with Gasteiger partial charge in [0.2, 0.25) is 5.75 Å². The summed E-state index contributed by atoms with van der Waals surface area (Å²) < 4.78 is 5.42. The van der Waals surface area contributed by atoms with E-state index in [4.69, 9.17) is 16.3 Å². The Morgan fingerprint density at radius 2 is 1.76 bits per heavy atom. The van der Waals surface area contributed by atoms with Gasteiger partial charge in [0.05, 0.1) is 15.9 Å². The van der Waals surface area contributed by atoms with Gasteiger partial charge in [0.25, 0.3) is 5.69 Å². The second kappa shape index (κ2) is 5.76. The second-order valence-electron chi connectivity index (χ2n) is 4.18. The fourth-order valence-corrected chi connectivity index (χ4v) is 1.77. The minimum atomic E-state index is -0.731. The van der Waals surface area contributed by atoms with Crippen molar-refractivity contribution in [3.05, 3.63) is 67.2 Å². The molecule has 0 saturated carbocycles. The Bertz CT molecular complexity index is 732. The van der Waals surface area contributed by atoms with Gasteiger partial charge in [0.1, 0.15) is 5.75 Å². The molecule has 2 rings (SSSR count). The SMILES string of the molecule is Cc1cc(Oc2ccc([N+](=O)[O-])cc2[N+](=O)[O-])ccc1Cl. The Kier molecular flexibility index (Phi) is 4.04. The van der Waals surface area contributed by atoms with E-state index in [2.05, 4.69) is 0 Å².